The maximum Gasteiger partial charge on any atom is 0.146 e. The Morgan fingerprint density at radius 2 is 2.00 bits per heavy atom. The number of rotatable bonds is 6. The van der Waals surface area contributed by atoms with Gasteiger partial charge in [0.2, 0.25) is 0 Å². The lowest BCUT2D eigenvalue weighted by Gasteiger charge is -2.21. The Morgan fingerprint density at radius 1 is 1.36 bits per heavy atom. The maximum atomic E-state index is 5.44. The molecule has 0 N–H and O–H groups in total. The summed E-state index contributed by atoms with van der Waals surface area (Å²) in [5, 5.41) is 0. The Hall–Kier alpha value is 0.177. The van der Waals surface area contributed by atoms with Crippen molar-refractivity contribution < 1.29 is 4.43 Å². The van der Waals surface area contributed by atoms with Crippen LogP contribution in [0, 0.1) is 5.92 Å². The lowest BCUT2D eigenvalue weighted by molar-refractivity contribution is 0.153. The molecule has 0 aliphatic rings. The third kappa shape index (κ3) is 4.59. The molecule has 0 heterocycles. The summed E-state index contributed by atoms with van der Waals surface area (Å²) < 4.78 is 5.44. The first kappa shape index (κ1) is 11.2. The van der Waals surface area contributed by atoms with E-state index in [-0.39, 0.29) is 0 Å². The number of hydrogen-bond donors (Lipinski definition) is 0. The highest BCUT2D eigenvalue weighted by Crippen LogP contribution is 2.18. The van der Waals surface area contributed by atoms with Crippen molar-refractivity contribution in [2.45, 2.75) is 52.6 Å². The minimum atomic E-state index is 0.498. The monoisotopic (exact) mass is 174 g/mol. The molecule has 2 heteroatoms. The van der Waals surface area contributed by atoms with Crippen molar-refractivity contribution in [1.29, 1.82) is 0 Å². The summed E-state index contributed by atoms with van der Waals surface area (Å²) in [7, 11) is 0.884. The van der Waals surface area contributed by atoms with E-state index in [0.717, 1.165) is 16.4 Å². The van der Waals surface area contributed by atoms with Crippen molar-refractivity contribution in [2.24, 2.45) is 5.92 Å². The Balaban J connectivity index is 3.56. The Labute approximate surface area is 74.1 Å². The van der Waals surface area contributed by atoms with Crippen LogP contribution in [0.3, 0.4) is 0 Å². The van der Waals surface area contributed by atoms with Gasteiger partial charge in [-0.25, -0.2) is 0 Å². The molecule has 0 aromatic carbocycles. The second kappa shape index (κ2) is 6.86. The quantitative estimate of drug-likeness (QED) is 0.559. The van der Waals surface area contributed by atoms with Crippen LogP contribution in [0.15, 0.2) is 0 Å². The SMILES string of the molecule is CCCCC(CC)C(C)O[SiH3]. The van der Waals surface area contributed by atoms with Gasteiger partial charge >= 0.3 is 0 Å². The van der Waals surface area contributed by atoms with Gasteiger partial charge in [-0.2, -0.15) is 0 Å². The van der Waals surface area contributed by atoms with E-state index < -0.39 is 0 Å². The molecular weight excluding hydrogens is 152 g/mol. The van der Waals surface area contributed by atoms with Gasteiger partial charge in [-0.1, -0.05) is 33.1 Å². The molecule has 0 aromatic rings. The Bertz CT molecular complexity index is 85.6. The zero-order valence-corrected chi connectivity index (χ0v) is 10.4. The van der Waals surface area contributed by atoms with Gasteiger partial charge in [-0.05, 0) is 19.3 Å². The molecule has 0 fully saturated rings. The van der Waals surface area contributed by atoms with Gasteiger partial charge < -0.3 is 4.43 Å². The molecule has 68 valence electrons. The molecule has 11 heavy (non-hydrogen) atoms. The normalized spacial score (nSPS) is 16.6. The first-order valence-electron chi connectivity index (χ1n) is 4.79. The van der Waals surface area contributed by atoms with Crippen LogP contribution in [0.1, 0.15) is 46.5 Å². The summed E-state index contributed by atoms with van der Waals surface area (Å²) in [4.78, 5) is 0. The standard InChI is InChI=1S/C9H22OSi/c1-4-6-7-9(5-2)8(3)10-11/h8-9H,4-7H2,1-3,11H3. The number of unbranched alkanes of at least 4 members (excludes halogenated alkanes) is 1. The van der Waals surface area contributed by atoms with Crippen molar-refractivity contribution in [3.05, 3.63) is 0 Å². The van der Waals surface area contributed by atoms with Crippen LogP contribution < -0.4 is 0 Å². The summed E-state index contributed by atoms with van der Waals surface area (Å²) >= 11 is 0. The summed E-state index contributed by atoms with van der Waals surface area (Å²) in [5.74, 6) is 0.799. The lowest BCUT2D eigenvalue weighted by atomic mass is 9.94. The molecule has 0 aliphatic heterocycles. The predicted octanol–water partition coefficient (Wildman–Crippen LogP) is 1.89. The van der Waals surface area contributed by atoms with E-state index in [4.69, 9.17) is 4.43 Å². The van der Waals surface area contributed by atoms with Crippen molar-refractivity contribution in [3.63, 3.8) is 0 Å². The smallest absolute Gasteiger partial charge is 0.146 e. The summed E-state index contributed by atoms with van der Waals surface area (Å²) in [6, 6.07) is 0. The Kier molecular flexibility index (Phi) is 6.97. The molecule has 2 atom stereocenters. The van der Waals surface area contributed by atoms with Gasteiger partial charge in [0.25, 0.3) is 0 Å². The largest absolute Gasteiger partial charge is 0.425 e. The molecule has 0 saturated heterocycles. The molecule has 0 bridgehead atoms. The summed E-state index contributed by atoms with van der Waals surface area (Å²) in [6.45, 7) is 6.72. The average molecular weight is 174 g/mol. The van der Waals surface area contributed by atoms with Crippen LogP contribution in [0.25, 0.3) is 0 Å². The molecule has 0 rings (SSSR count). The maximum absolute atomic E-state index is 5.44. The van der Waals surface area contributed by atoms with Crippen LogP contribution in [0.5, 0.6) is 0 Å². The molecule has 0 aliphatic carbocycles. The summed E-state index contributed by atoms with van der Waals surface area (Å²) in [6.07, 6.45) is 5.77. The minimum Gasteiger partial charge on any atom is -0.425 e. The highest BCUT2D eigenvalue weighted by molar-refractivity contribution is 5.98. The van der Waals surface area contributed by atoms with E-state index >= 15 is 0 Å². The third-order valence-electron chi connectivity index (χ3n) is 2.49. The van der Waals surface area contributed by atoms with E-state index in [9.17, 15) is 0 Å². The van der Waals surface area contributed by atoms with Crippen molar-refractivity contribution in [2.75, 3.05) is 0 Å². The fraction of sp³-hybridized carbons (Fsp3) is 1.00. The highest BCUT2D eigenvalue weighted by Gasteiger charge is 2.12. The van der Waals surface area contributed by atoms with Crippen LogP contribution in [0.4, 0.5) is 0 Å². The Morgan fingerprint density at radius 3 is 2.36 bits per heavy atom. The third-order valence-corrected chi connectivity index (χ3v) is 3.23. The van der Waals surface area contributed by atoms with Gasteiger partial charge in [0.1, 0.15) is 10.5 Å². The molecule has 0 saturated carbocycles. The first-order valence-corrected chi connectivity index (χ1v) is 5.60. The van der Waals surface area contributed by atoms with Crippen LogP contribution >= 0.6 is 0 Å². The molecule has 0 aromatic heterocycles. The molecule has 2 unspecified atom stereocenters. The molecular formula is C9H22OSi. The van der Waals surface area contributed by atoms with Crippen LogP contribution in [0.2, 0.25) is 0 Å². The second-order valence-electron chi connectivity index (χ2n) is 3.25. The van der Waals surface area contributed by atoms with Gasteiger partial charge in [0.15, 0.2) is 0 Å². The molecule has 1 nitrogen and oxygen atoms in total. The van der Waals surface area contributed by atoms with Gasteiger partial charge in [-0.3, -0.25) is 0 Å². The van der Waals surface area contributed by atoms with E-state index in [0.29, 0.717) is 6.10 Å². The summed E-state index contributed by atoms with van der Waals surface area (Å²) in [5.41, 5.74) is 0. The molecule has 0 radical (unpaired) electrons. The zero-order valence-electron chi connectivity index (χ0n) is 8.39. The van der Waals surface area contributed by atoms with Gasteiger partial charge in [0.05, 0.1) is 0 Å². The zero-order chi connectivity index (χ0) is 8.69. The van der Waals surface area contributed by atoms with E-state index in [2.05, 4.69) is 20.8 Å². The predicted molar refractivity (Wildman–Crippen MR) is 53.8 cm³/mol. The van der Waals surface area contributed by atoms with E-state index in [1.54, 1.807) is 0 Å². The van der Waals surface area contributed by atoms with Crippen LogP contribution in [-0.2, 0) is 4.43 Å². The fourth-order valence-corrected chi connectivity index (χ4v) is 1.81. The topological polar surface area (TPSA) is 9.23 Å². The van der Waals surface area contributed by atoms with Crippen molar-refractivity contribution in [3.8, 4) is 0 Å². The van der Waals surface area contributed by atoms with Crippen molar-refractivity contribution >= 4 is 10.5 Å². The van der Waals surface area contributed by atoms with Gasteiger partial charge in [0, 0.05) is 6.10 Å². The fourth-order valence-electron chi connectivity index (χ4n) is 1.43. The van der Waals surface area contributed by atoms with E-state index in [1.165, 1.54) is 25.7 Å². The first-order chi connectivity index (χ1) is 5.26. The second-order valence-corrected chi connectivity index (χ2v) is 3.72. The minimum absolute atomic E-state index is 0.498. The van der Waals surface area contributed by atoms with Crippen molar-refractivity contribution in [1.82, 2.24) is 0 Å². The molecule has 0 spiro atoms. The number of hydrogen-bond acceptors (Lipinski definition) is 1. The van der Waals surface area contributed by atoms with E-state index in [1.807, 2.05) is 0 Å². The van der Waals surface area contributed by atoms with Gasteiger partial charge in [-0.15, -0.1) is 0 Å². The van der Waals surface area contributed by atoms with Crippen LogP contribution in [-0.4, -0.2) is 16.6 Å². The lowest BCUT2D eigenvalue weighted by Crippen LogP contribution is -2.18. The highest BCUT2D eigenvalue weighted by atomic mass is 28.2. The average Bonchev–Trinajstić information content (AvgIpc) is 2.05. The molecule has 0 amide bonds.